The molecule has 2 aliphatic rings. The first kappa shape index (κ1) is 15.8. The number of rotatable bonds is 4. The average molecular weight is 304 g/mol. The Morgan fingerprint density at radius 3 is 2.55 bits per heavy atom. The number of aliphatic hydroxyl groups is 2. The van der Waals surface area contributed by atoms with Gasteiger partial charge in [0.1, 0.15) is 12.2 Å². The molecule has 20 heavy (non-hydrogen) atoms. The van der Waals surface area contributed by atoms with Gasteiger partial charge in [-0.25, -0.2) is 4.79 Å². The van der Waals surface area contributed by atoms with Crippen molar-refractivity contribution in [3.63, 3.8) is 0 Å². The van der Waals surface area contributed by atoms with Crippen molar-refractivity contribution < 1.29 is 29.2 Å². The van der Waals surface area contributed by atoms with Crippen LogP contribution in [-0.4, -0.2) is 59.2 Å². The van der Waals surface area contributed by atoms with Crippen molar-refractivity contribution in [1.82, 2.24) is 0 Å². The highest BCUT2D eigenvalue weighted by molar-refractivity contribution is 7.81. The summed E-state index contributed by atoms with van der Waals surface area (Å²) >= 11 is 4.38. The molecule has 7 heteroatoms. The molecule has 0 bridgehead atoms. The summed E-state index contributed by atoms with van der Waals surface area (Å²) in [5.41, 5.74) is 0.400. The molecule has 1 fully saturated rings. The number of hydrogen-bond donors (Lipinski definition) is 3. The minimum Gasteiger partial charge on any atom is -0.463 e. The molecule has 1 spiro atoms. The number of carbonyl (C=O) groups excluding carboxylic acids is 1. The van der Waals surface area contributed by atoms with Crippen LogP contribution in [0.5, 0.6) is 0 Å². The zero-order valence-electron chi connectivity index (χ0n) is 11.3. The number of hydrogen-bond acceptors (Lipinski definition) is 7. The lowest BCUT2D eigenvalue weighted by Gasteiger charge is -2.32. The van der Waals surface area contributed by atoms with E-state index in [-0.39, 0.29) is 25.1 Å². The first-order valence-corrected chi connectivity index (χ1v) is 7.22. The topological polar surface area (TPSA) is 85.2 Å². The van der Waals surface area contributed by atoms with E-state index in [1.807, 2.05) is 0 Å². The Kier molecular flexibility index (Phi) is 5.09. The van der Waals surface area contributed by atoms with Crippen LogP contribution >= 0.6 is 12.6 Å². The van der Waals surface area contributed by atoms with Crippen LogP contribution in [0.3, 0.4) is 0 Å². The molecule has 1 aliphatic carbocycles. The summed E-state index contributed by atoms with van der Waals surface area (Å²) in [6.45, 7) is 1.51. The summed E-state index contributed by atoms with van der Waals surface area (Å²) in [6, 6.07) is 0. The van der Waals surface area contributed by atoms with Gasteiger partial charge in [0.05, 0.1) is 25.4 Å². The Labute approximate surface area is 123 Å². The predicted octanol–water partition coefficient (Wildman–Crippen LogP) is 0.0330. The lowest BCUT2D eigenvalue weighted by atomic mass is 9.94. The first-order valence-electron chi connectivity index (χ1n) is 6.70. The smallest absolute Gasteiger partial charge is 0.335 e. The molecule has 1 saturated heterocycles. The Morgan fingerprint density at radius 2 is 2.05 bits per heavy atom. The van der Waals surface area contributed by atoms with Gasteiger partial charge >= 0.3 is 5.97 Å². The van der Waals surface area contributed by atoms with E-state index in [1.54, 1.807) is 13.0 Å². The van der Waals surface area contributed by atoms with E-state index >= 15 is 0 Å². The van der Waals surface area contributed by atoms with E-state index in [9.17, 15) is 15.0 Å². The van der Waals surface area contributed by atoms with Crippen LogP contribution in [0.15, 0.2) is 11.6 Å². The largest absolute Gasteiger partial charge is 0.463 e. The maximum Gasteiger partial charge on any atom is 0.335 e. The first-order chi connectivity index (χ1) is 9.55. The van der Waals surface area contributed by atoms with Gasteiger partial charge < -0.3 is 24.4 Å². The van der Waals surface area contributed by atoms with Gasteiger partial charge in [-0.05, 0) is 19.4 Å². The van der Waals surface area contributed by atoms with Crippen LogP contribution in [0.4, 0.5) is 0 Å². The van der Waals surface area contributed by atoms with Gasteiger partial charge in [-0.2, -0.15) is 12.6 Å². The Hall–Kier alpha value is -0.600. The third-order valence-corrected chi connectivity index (χ3v) is 4.02. The second kappa shape index (κ2) is 6.44. The third kappa shape index (κ3) is 3.01. The van der Waals surface area contributed by atoms with Crippen LogP contribution in [0.25, 0.3) is 0 Å². The summed E-state index contributed by atoms with van der Waals surface area (Å²) in [5.74, 6) is -1.52. The summed E-state index contributed by atoms with van der Waals surface area (Å²) in [7, 11) is 0. The molecule has 1 aliphatic heterocycles. The normalized spacial score (nSPS) is 32.2. The highest BCUT2D eigenvalue weighted by Gasteiger charge is 2.48. The number of esters is 1. The molecule has 0 amide bonds. The molecule has 2 N–H and O–H groups in total. The molecule has 0 unspecified atom stereocenters. The fourth-order valence-electron chi connectivity index (χ4n) is 2.50. The van der Waals surface area contributed by atoms with E-state index in [1.165, 1.54) is 0 Å². The lowest BCUT2D eigenvalue weighted by Crippen LogP contribution is -2.37. The molecule has 2 rings (SSSR count). The second-order valence-corrected chi connectivity index (χ2v) is 5.49. The van der Waals surface area contributed by atoms with Crippen molar-refractivity contribution in [2.45, 2.75) is 43.0 Å². The quantitative estimate of drug-likeness (QED) is 0.502. The molecule has 0 radical (unpaired) electrons. The Bertz CT molecular complexity index is 384. The number of thiol groups is 1. The second-order valence-electron chi connectivity index (χ2n) is 4.86. The fourth-order valence-corrected chi connectivity index (χ4v) is 2.80. The minimum atomic E-state index is -1.08. The molecule has 0 aromatic carbocycles. The minimum absolute atomic E-state index is 0.229. The van der Waals surface area contributed by atoms with Gasteiger partial charge in [0.25, 0.3) is 0 Å². The summed E-state index contributed by atoms with van der Waals surface area (Å²) in [6.07, 6.45) is 1.47. The van der Waals surface area contributed by atoms with Crippen LogP contribution < -0.4 is 0 Å². The molecule has 0 aromatic heterocycles. The molecule has 114 valence electrons. The third-order valence-electron chi connectivity index (χ3n) is 3.49. The zero-order chi connectivity index (χ0) is 14.8. The summed E-state index contributed by atoms with van der Waals surface area (Å²) < 4.78 is 16.4. The highest BCUT2D eigenvalue weighted by Crippen LogP contribution is 2.40. The Balaban J connectivity index is 2.22. The van der Waals surface area contributed by atoms with E-state index in [4.69, 9.17) is 14.2 Å². The zero-order valence-corrected chi connectivity index (χ0v) is 12.2. The molecular weight excluding hydrogens is 284 g/mol. The lowest BCUT2D eigenvalue weighted by molar-refractivity contribution is -0.154. The van der Waals surface area contributed by atoms with Crippen molar-refractivity contribution >= 4 is 18.6 Å². The van der Waals surface area contributed by atoms with Gasteiger partial charge in [-0.15, -0.1) is 0 Å². The summed E-state index contributed by atoms with van der Waals surface area (Å²) in [5, 5.41) is 18.3. The number of carbonyl (C=O) groups is 1. The van der Waals surface area contributed by atoms with Crippen LogP contribution in [0.2, 0.25) is 0 Å². The summed E-state index contributed by atoms with van der Waals surface area (Å²) in [4.78, 5) is 11.9. The van der Waals surface area contributed by atoms with Crippen LogP contribution in [-0.2, 0) is 19.0 Å². The molecule has 0 aromatic rings. The van der Waals surface area contributed by atoms with E-state index < -0.39 is 24.0 Å². The van der Waals surface area contributed by atoms with Crippen LogP contribution in [0.1, 0.15) is 19.8 Å². The van der Waals surface area contributed by atoms with Crippen molar-refractivity contribution in [2.24, 2.45) is 0 Å². The molecule has 6 nitrogen and oxygen atoms in total. The maximum atomic E-state index is 11.9. The molecule has 1 heterocycles. The van der Waals surface area contributed by atoms with E-state index in [0.717, 1.165) is 0 Å². The maximum absolute atomic E-state index is 11.9. The number of ether oxygens (including phenoxy) is 3. The van der Waals surface area contributed by atoms with Gasteiger partial charge in [-0.3, -0.25) is 0 Å². The average Bonchev–Trinajstić information content (AvgIpc) is 2.80. The predicted molar refractivity (Wildman–Crippen MR) is 73.4 cm³/mol. The molecular formula is C13H20O6S. The van der Waals surface area contributed by atoms with Crippen molar-refractivity contribution in [1.29, 1.82) is 0 Å². The Morgan fingerprint density at radius 1 is 1.45 bits per heavy atom. The molecule has 0 saturated carbocycles. The van der Waals surface area contributed by atoms with Crippen LogP contribution in [0, 0.1) is 0 Å². The van der Waals surface area contributed by atoms with Crippen molar-refractivity contribution in [3.05, 3.63) is 11.6 Å². The van der Waals surface area contributed by atoms with Crippen molar-refractivity contribution in [3.8, 4) is 0 Å². The van der Waals surface area contributed by atoms with E-state index in [0.29, 0.717) is 18.4 Å². The fraction of sp³-hybridized carbons (Fsp3) is 0.769. The number of aliphatic hydroxyl groups excluding tert-OH is 2. The van der Waals surface area contributed by atoms with E-state index in [2.05, 4.69) is 12.6 Å². The van der Waals surface area contributed by atoms with Gasteiger partial charge in [-0.1, -0.05) is 0 Å². The van der Waals surface area contributed by atoms with Gasteiger partial charge in [0.15, 0.2) is 5.79 Å². The standard InChI is InChI=1S/C13H20O6S/c1-2-17-12(16)8-5-13(4-3-11(8)20)18-9(6-14)10(7-15)19-13/h5,9-11,14-15,20H,2-4,6-7H2,1H3/t9-,10-,11-/m1/s1. The SMILES string of the molecule is CCOC(=O)C1=CC2(CC[C@H]1S)O[C@H](CO)[C@@H](CO)O2. The highest BCUT2D eigenvalue weighted by atomic mass is 32.1. The van der Waals surface area contributed by atoms with Gasteiger partial charge in [0.2, 0.25) is 0 Å². The monoisotopic (exact) mass is 304 g/mol. The molecule has 3 atom stereocenters. The van der Waals surface area contributed by atoms with Crippen molar-refractivity contribution in [2.75, 3.05) is 19.8 Å². The van der Waals surface area contributed by atoms with Gasteiger partial charge in [0, 0.05) is 11.7 Å².